The molecule has 0 aromatic heterocycles. The van der Waals surface area contributed by atoms with E-state index in [0.717, 1.165) is 5.75 Å². The number of hydrogen-bond donors (Lipinski definition) is 3. The van der Waals surface area contributed by atoms with Gasteiger partial charge < -0.3 is 5.73 Å². The molecule has 0 saturated heterocycles. The number of nitrogens with two attached hydrogens (primary N) is 3. The first-order chi connectivity index (χ1) is 3.27. The molecule has 3 nitrogen and oxygen atoms in total. The summed E-state index contributed by atoms with van der Waals surface area (Å²) in [4.78, 5) is 0. The van der Waals surface area contributed by atoms with Crippen LogP contribution in [0.4, 0.5) is 0 Å². The summed E-state index contributed by atoms with van der Waals surface area (Å²) < 4.78 is 0. The molecule has 0 unspecified atom stereocenters. The van der Waals surface area contributed by atoms with Gasteiger partial charge in [-0.1, -0.05) is 0 Å². The van der Waals surface area contributed by atoms with Crippen molar-refractivity contribution < 1.29 is 5.41 Å². The zero-order valence-corrected chi connectivity index (χ0v) is 6.99. The zero-order chi connectivity index (χ0) is 5.70. The number of halogens is 1. The molecule has 0 heterocycles. The van der Waals surface area contributed by atoms with Crippen LogP contribution in [0.15, 0.2) is 0 Å². The van der Waals surface area contributed by atoms with Crippen LogP contribution in [-0.2, 0) is 0 Å². The van der Waals surface area contributed by atoms with E-state index in [4.69, 9.17) is 16.9 Å². The second-order valence-electron chi connectivity index (χ2n) is 1.04. The van der Waals surface area contributed by atoms with Gasteiger partial charge in [0.05, 0.1) is 0 Å². The molecule has 0 aliphatic rings. The summed E-state index contributed by atoms with van der Waals surface area (Å²) in [5.41, 5.74) is 10.2. The van der Waals surface area contributed by atoms with E-state index in [1.807, 2.05) is 0 Å². The van der Waals surface area contributed by atoms with Crippen LogP contribution in [-0.4, -0.2) is 17.5 Å². The second-order valence-corrected chi connectivity index (χ2v) is 2.21. The minimum absolute atomic E-state index is 0. The van der Waals surface area contributed by atoms with Crippen molar-refractivity contribution in [3.8, 4) is 0 Å². The van der Waals surface area contributed by atoms with Crippen LogP contribution in [0.1, 0.15) is 0 Å². The van der Waals surface area contributed by atoms with Gasteiger partial charge in [0.2, 0.25) is 0 Å². The van der Waals surface area contributed by atoms with E-state index in [1.54, 1.807) is 0 Å². The first-order valence-corrected chi connectivity index (χ1v) is 2.96. The Hall–Kier alpha value is 0.260. The van der Waals surface area contributed by atoms with Crippen LogP contribution >= 0.6 is 28.7 Å². The van der Waals surface area contributed by atoms with Crippen molar-refractivity contribution in [2.75, 3.05) is 12.3 Å². The van der Waals surface area contributed by atoms with Gasteiger partial charge in [0.1, 0.15) is 0 Å². The maximum Gasteiger partial charge on any atom is 0.299 e. The minimum Gasteiger partial charge on any atom is -0.330 e. The molecule has 0 saturated carbocycles. The predicted octanol–water partition coefficient (Wildman–Crippen LogP) is -1.67. The molecule has 5 heteroatoms. The first-order valence-electron chi connectivity index (χ1n) is 1.98. The van der Waals surface area contributed by atoms with Crippen LogP contribution < -0.4 is 16.9 Å². The number of thioether (sulfide) groups is 1. The van der Waals surface area contributed by atoms with E-state index in [9.17, 15) is 0 Å². The Morgan fingerprint density at radius 2 is 2.12 bits per heavy atom. The standard InChI is InChI=1S/C3H9N3S.BrH/c4-1-2-7-3(5)6;/h1-2,4H2,(H3,5,6);1H/p+1. The molecule has 6 N–H and O–H groups in total. The van der Waals surface area contributed by atoms with Gasteiger partial charge in [0.25, 0.3) is 5.17 Å². The molecule has 50 valence electrons. The number of rotatable bonds is 2. The van der Waals surface area contributed by atoms with Gasteiger partial charge in [0.15, 0.2) is 0 Å². The Bertz CT molecular complexity index is 67.5. The fourth-order valence-electron chi connectivity index (χ4n) is 0.177. The average molecular weight is 201 g/mol. The third-order valence-electron chi connectivity index (χ3n) is 0.387. The lowest BCUT2D eigenvalue weighted by atomic mass is 10.8. The molecular formula is C3H11BrN3S+. The van der Waals surface area contributed by atoms with E-state index in [1.165, 1.54) is 11.8 Å². The Labute approximate surface area is 63.5 Å². The molecule has 0 atom stereocenters. The van der Waals surface area contributed by atoms with Gasteiger partial charge in [-0.25, -0.2) is 0 Å². The number of hydrogen-bond acceptors (Lipinski definition) is 2. The normalized spacial score (nSPS) is 7.62. The largest absolute Gasteiger partial charge is 0.330 e. The molecule has 0 aromatic rings. The summed E-state index contributed by atoms with van der Waals surface area (Å²) in [7, 11) is 0. The highest BCUT2D eigenvalue weighted by Gasteiger charge is 1.90. The van der Waals surface area contributed by atoms with Gasteiger partial charge >= 0.3 is 0 Å². The van der Waals surface area contributed by atoms with Crippen LogP contribution in [0, 0.1) is 0 Å². The molecule has 0 amide bonds. The van der Waals surface area contributed by atoms with Crippen molar-refractivity contribution in [1.29, 1.82) is 0 Å². The lowest BCUT2D eigenvalue weighted by Crippen LogP contribution is -2.43. The summed E-state index contributed by atoms with van der Waals surface area (Å²) in [6, 6.07) is 0. The van der Waals surface area contributed by atoms with Crippen molar-refractivity contribution in [1.82, 2.24) is 0 Å². The minimum atomic E-state index is 0. The van der Waals surface area contributed by atoms with Crippen molar-refractivity contribution in [2.24, 2.45) is 11.5 Å². The molecule has 0 aliphatic carbocycles. The molecular weight excluding hydrogens is 190 g/mol. The molecule has 0 rings (SSSR count). The van der Waals surface area contributed by atoms with Gasteiger partial charge in [0, 0.05) is 12.3 Å². The number of amidine groups is 1. The fraction of sp³-hybridized carbons (Fsp3) is 0.667. The highest BCUT2D eigenvalue weighted by molar-refractivity contribution is 8.93. The Kier molecular flexibility index (Phi) is 10.1. The highest BCUT2D eigenvalue weighted by Crippen LogP contribution is 1.89. The third kappa shape index (κ3) is 9.54. The first kappa shape index (κ1) is 11.1. The monoisotopic (exact) mass is 200 g/mol. The van der Waals surface area contributed by atoms with E-state index in [0.29, 0.717) is 11.7 Å². The van der Waals surface area contributed by atoms with Crippen LogP contribution in [0.25, 0.3) is 0 Å². The SMILES string of the molecule is Br.NCCSC(N)=[NH2+]. The van der Waals surface area contributed by atoms with E-state index < -0.39 is 0 Å². The molecule has 0 bridgehead atoms. The van der Waals surface area contributed by atoms with Crippen LogP contribution in [0.2, 0.25) is 0 Å². The summed E-state index contributed by atoms with van der Waals surface area (Å²) in [5, 5.41) is 5.47. The Morgan fingerprint density at radius 1 is 1.62 bits per heavy atom. The van der Waals surface area contributed by atoms with E-state index in [2.05, 4.69) is 0 Å². The summed E-state index contributed by atoms with van der Waals surface area (Å²) >= 11 is 1.38. The van der Waals surface area contributed by atoms with Gasteiger partial charge in [-0.15, -0.1) is 17.0 Å². The maximum absolute atomic E-state index is 5.13. The maximum atomic E-state index is 5.13. The second kappa shape index (κ2) is 7.26. The average Bonchev–Trinajstić information content (AvgIpc) is 1.61. The summed E-state index contributed by atoms with van der Waals surface area (Å²) in [6.45, 7) is 0.628. The lowest BCUT2D eigenvalue weighted by molar-refractivity contribution is -0.110. The van der Waals surface area contributed by atoms with Gasteiger partial charge in [-0.05, 0) is 11.8 Å². The fourth-order valence-corrected chi connectivity index (χ4v) is 0.530. The highest BCUT2D eigenvalue weighted by atomic mass is 79.9. The molecule has 0 fully saturated rings. The third-order valence-corrected chi connectivity index (χ3v) is 1.16. The molecule has 0 aromatic carbocycles. The quantitative estimate of drug-likeness (QED) is 0.369. The van der Waals surface area contributed by atoms with Crippen molar-refractivity contribution in [3.63, 3.8) is 0 Å². The Morgan fingerprint density at radius 3 is 2.25 bits per heavy atom. The van der Waals surface area contributed by atoms with E-state index in [-0.39, 0.29) is 17.0 Å². The zero-order valence-electron chi connectivity index (χ0n) is 4.46. The summed E-state index contributed by atoms with van der Waals surface area (Å²) in [6.07, 6.45) is 0. The van der Waals surface area contributed by atoms with Crippen LogP contribution in [0.3, 0.4) is 0 Å². The molecule has 0 spiro atoms. The summed E-state index contributed by atoms with van der Waals surface area (Å²) in [5.74, 6) is 0.808. The lowest BCUT2D eigenvalue weighted by Gasteiger charge is -1.85. The van der Waals surface area contributed by atoms with Crippen molar-refractivity contribution in [3.05, 3.63) is 0 Å². The van der Waals surface area contributed by atoms with E-state index >= 15 is 0 Å². The smallest absolute Gasteiger partial charge is 0.299 e. The van der Waals surface area contributed by atoms with Crippen molar-refractivity contribution in [2.45, 2.75) is 0 Å². The predicted molar refractivity (Wildman–Crippen MR) is 43.0 cm³/mol. The van der Waals surface area contributed by atoms with Crippen molar-refractivity contribution >= 4 is 33.9 Å². The molecule has 0 aliphatic heterocycles. The Balaban J connectivity index is 0. The molecule has 8 heavy (non-hydrogen) atoms. The van der Waals surface area contributed by atoms with Gasteiger partial charge in [-0.2, -0.15) is 0 Å². The van der Waals surface area contributed by atoms with Gasteiger partial charge in [-0.3, -0.25) is 11.1 Å². The topological polar surface area (TPSA) is 77.6 Å². The van der Waals surface area contributed by atoms with Crippen LogP contribution in [0.5, 0.6) is 0 Å². The molecule has 0 radical (unpaired) electrons.